The summed E-state index contributed by atoms with van der Waals surface area (Å²) in [5.74, 6) is 0. The minimum atomic E-state index is 0.268. The minimum Gasteiger partial charge on any atom is -0.376 e. The Kier molecular flexibility index (Phi) is 3.51. The van der Waals surface area contributed by atoms with Gasteiger partial charge in [-0.1, -0.05) is 18.5 Å². The van der Waals surface area contributed by atoms with Gasteiger partial charge in [-0.25, -0.2) is 0 Å². The van der Waals surface area contributed by atoms with Gasteiger partial charge in [0.1, 0.15) is 0 Å². The lowest BCUT2D eigenvalue weighted by Gasteiger charge is -2.06. The van der Waals surface area contributed by atoms with Crippen LogP contribution in [-0.2, 0) is 6.42 Å². The van der Waals surface area contributed by atoms with E-state index in [2.05, 4.69) is 5.32 Å². The van der Waals surface area contributed by atoms with Crippen molar-refractivity contribution in [1.82, 2.24) is 0 Å². The molecule has 0 spiro atoms. The van der Waals surface area contributed by atoms with Crippen LogP contribution in [0.3, 0.4) is 0 Å². The second-order valence-electron chi connectivity index (χ2n) is 2.65. The summed E-state index contributed by atoms with van der Waals surface area (Å²) in [7, 11) is 0. The molecule has 0 amide bonds. The first kappa shape index (κ1) is 10.3. The molecule has 3 N–H and O–H groups in total. The van der Waals surface area contributed by atoms with Crippen molar-refractivity contribution >= 4 is 34.6 Å². The maximum absolute atomic E-state index is 5.94. The van der Waals surface area contributed by atoms with Gasteiger partial charge in [0.2, 0.25) is 0 Å². The number of benzene rings is 1. The molecule has 1 aromatic carbocycles. The van der Waals surface area contributed by atoms with E-state index in [9.17, 15) is 0 Å². The molecule has 1 rings (SSSR count). The summed E-state index contributed by atoms with van der Waals surface area (Å²) in [6.45, 7) is 2.05. The van der Waals surface area contributed by atoms with E-state index in [1.54, 1.807) is 0 Å². The van der Waals surface area contributed by atoms with Crippen LogP contribution in [0.25, 0.3) is 0 Å². The molecule has 13 heavy (non-hydrogen) atoms. The highest BCUT2D eigenvalue weighted by Gasteiger charge is 1.99. The van der Waals surface area contributed by atoms with Crippen LogP contribution >= 0.6 is 23.8 Å². The maximum Gasteiger partial charge on any atom is 0.168 e. The Bertz CT molecular complexity index is 325. The zero-order valence-electron chi connectivity index (χ0n) is 7.30. The monoisotopic (exact) mass is 214 g/mol. The normalized spacial score (nSPS) is 9.69. The number of anilines is 1. The quantitative estimate of drug-likeness (QED) is 0.744. The lowest BCUT2D eigenvalue weighted by atomic mass is 10.1. The number of thiocarbonyl (C=S) groups is 1. The van der Waals surface area contributed by atoms with Crippen LogP contribution in [0.4, 0.5) is 5.69 Å². The zero-order chi connectivity index (χ0) is 9.84. The summed E-state index contributed by atoms with van der Waals surface area (Å²) in [6.07, 6.45) is 0.895. The first-order valence-corrected chi connectivity index (χ1v) is 4.77. The van der Waals surface area contributed by atoms with Crippen molar-refractivity contribution in [2.75, 3.05) is 5.32 Å². The van der Waals surface area contributed by atoms with Gasteiger partial charge in [0, 0.05) is 10.7 Å². The average Bonchev–Trinajstić information content (AvgIpc) is 2.07. The van der Waals surface area contributed by atoms with Gasteiger partial charge in [-0.15, -0.1) is 0 Å². The van der Waals surface area contributed by atoms with Crippen molar-refractivity contribution in [3.63, 3.8) is 0 Å². The van der Waals surface area contributed by atoms with Crippen LogP contribution in [-0.4, -0.2) is 5.11 Å². The predicted octanol–water partition coefficient (Wildman–Crippen LogP) is 2.56. The number of hydrogen-bond donors (Lipinski definition) is 2. The standard InChI is InChI=1S/C9H11ClN2S/c1-2-6-5-7(12-9(11)13)3-4-8(6)10/h3-5H,2H2,1H3,(H3,11,12,13). The SMILES string of the molecule is CCc1cc(NC(N)=S)ccc1Cl. The number of nitrogens with two attached hydrogens (primary N) is 1. The van der Waals surface area contributed by atoms with Gasteiger partial charge in [0.15, 0.2) is 5.11 Å². The van der Waals surface area contributed by atoms with Gasteiger partial charge in [-0.05, 0) is 42.4 Å². The molecular formula is C9H11ClN2S. The molecule has 0 saturated carbocycles. The smallest absolute Gasteiger partial charge is 0.168 e. The van der Waals surface area contributed by atoms with Crippen LogP contribution < -0.4 is 11.1 Å². The van der Waals surface area contributed by atoms with Gasteiger partial charge in [0.05, 0.1) is 0 Å². The van der Waals surface area contributed by atoms with Crippen LogP contribution in [0.15, 0.2) is 18.2 Å². The van der Waals surface area contributed by atoms with Crippen LogP contribution in [0.2, 0.25) is 5.02 Å². The van der Waals surface area contributed by atoms with Crippen LogP contribution in [0, 0.1) is 0 Å². The molecule has 0 aliphatic rings. The van der Waals surface area contributed by atoms with E-state index in [4.69, 9.17) is 29.6 Å². The molecule has 70 valence electrons. The van der Waals surface area contributed by atoms with E-state index >= 15 is 0 Å². The fraction of sp³-hybridized carbons (Fsp3) is 0.222. The van der Waals surface area contributed by atoms with Gasteiger partial charge >= 0.3 is 0 Å². The minimum absolute atomic E-state index is 0.268. The second-order valence-corrected chi connectivity index (χ2v) is 3.50. The fourth-order valence-corrected chi connectivity index (χ4v) is 1.43. The lowest BCUT2D eigenvalue weighted by Crippen LogP contribution is -2.18. The van der Waals surface area contributed by atoms with Crippen molar-refractivity contribution in [2.45, 2.75) is 13.3 Å². The van der Waals surface area contributed by atoms with E-state index in [0.29, 0.717) is 0 Å². The van der Waals surface area contributed by atoms with Crippen molar-refractivity contribution in [2.24, 2.45) is 5.73 Å². The Morgan fingerprint density at radius 1 is 1.62 bits per heavy atom. The molecule has 0 fully saturated rings. The van der Waals surface area contributed by atoms with Crippen molar-refractivity contribution in [3.8, 4) is 0 Å². The number of hydrogen-bond acceptors (Lipinski definition) is 1. The fourth-order valence-electron chi connectivity index (χ4n) is 1.07. The van der Waals surface area contributed by atoms with E-state index < -0.39 is 0 Å². The van der Waals surface area contributed by atoms with Crippen molar-refractivity contribution < 1.29 is 0 Å². The molecule has 2 nitrogen and oxygen atoms in total. The third-order valence-corrected chi connectivity index (χ3v) is 2.16. The van der Waals surface area contributed by atoms with Gasteiger partial charge in [-0.3, -0.25) is 0 Å². The first-order chi connectivity index (χ1) is 6.13. The third-order valence-electron chi connectivity index (χ3n) is 1.69. The molecule has 0 unspecified atom stereocenters. The second kappa shape index (κ2) is 4.44. The third kappa shape index (κ3) is 2.86. The summed E-state index contributed by atoms with van der Waals surface area (Å²) in [4.78, 5) is 0. The molecule has 0 bridgehead atoms. The summed E-state index contributed by atoms with van der Waals surface area (Å²) >= 11 is 10.7. The Hall–Kier alpha value is -0.800. The average molecular weight is 215 g/mol. The largest absolute Gasteiger partial charge is 0.376 e. The number of halogens is 1. The van der Waals surface area contributed by atoms with E-state index in [1.807, 2.05) is 25.1 Å². The van der Waals surface area contributed by atoms with Gasteiger partial charge in [0.25, 0.3) is 0 Å². The molecule has 1 aromatic rings. The van der Waals surface area contributed by atoms with E-state index in [0.717, 1.165) is 22.7 Å². The Labute approximate surface area is 88.1 Å². The van der Waals surface area contributed by atoms with Crippen molar-refractivity contribution in [1.29, 1.82) is 0 Å². The summed E-state index contributed by atoms with van der Waals surface area (Å²) < 4.78 is 0. The highest BCUT2D eigenvalue weighted by molar-refractivity contribution is 7.80. The Morgan fingerprint density at radius 2 is 2.31 bits per heavy atom. The summed E-state index contributed by atoms with van der Waals surface area (Å²) in [5.41, 5.74) is 7.31. The lowest BCUT2D eigenvalue weighted by molar-refractivity contribution is 1.14. The Morgan fingerprint density at radius 3 is 2.85 bits per heavy atom. The van der Waals surface area contributed by atoms with E-state index in [1.165, 1.54) is 0 Å². The molecule has 0 aliphatic carbocycles. The highest BCUT2D eigenvalue weighted by Crippen LogP contribution is 2.20. The molecule has 0 aromatic heterocycles. The van der Waals surface area contributed by atoms with Gasteiger partial charge in [-0.2, -0.15) is 0 Å². The number of rotatable bonds is 2. The highest BCUT2D eigenvalue weighted by atomic mass is 35.5. The van der Waals surface area contributed by atoms with Gasteiger partial charge < -0.3 is 11.1 Å². The first-order valence-electron chi connectivity index (χ1n) is 3.98. The molecule has 0 atom stereocenters. The zero-order valence-corrected chi connectivity index (χ0v) is 8.88. The predicted molar refractivity (Wildman–Crippen MR) is 61.2 cm³/mol. The topological polar surface area (TPSA) is 38.0 Å². The molecule has 0 heterocycles. The number of aryl methyl sites for hydroxylation is 1. The molecule has 4 heteroatoms. The van der Waals surface area contributed by atoms with E-state index in [-0.39, 0.29) is 5.11 Å². The van der Waals surface area contributed by atoms with Crippen molar-refractivity contribution in [3.05, 3.63) is 28.8 Å². The van der Waals surface area contributed by atoms with Crippen LogP contribution in [0.5, 0.6) is 0 Å². The molecule has 0 saturated heterocycles. The summed E-state index contributed by atoms with van der Waals surface area (Å²) in [5, 5.41) is 3.90. The number of nitrogens with one attached hydrogen (secondary N) is 1. The Balaban J connectivity index is 2.92. The molecule has 0 radical (unpaired) electrons. The molecule has 0 aliphatic heterocycles. The maximum atomic E-state index is 5.94. The molecular weight excluding hydrogens is 204 g/mol. The van der Waals surface area contributed by atoms with Crippen LogP contribution in [0.1, 0.15) is 12.5 Å². The summed E-state index contributed by atoms with van der Waals surface area (Å²) in [6, 6.07) is 5.63.